The second kappa shape index (κ2) is 8.33. The summed E-state index contributed by atoms with van der Waals surface area (Å²) in [5.41, 5.74) is -4.53. The average molecular weight is 422 g/mol. The van der Waals surface area contributed by atoms with Gasteiger partial charge in [-0.3, -0.25) is 40.5 Å². The summed E-state index contributed by atoms with van der Waals surface area (Å²) in [4.78, 5) is 62.9. The van der Waals surface area contributed by atoms with E-state index in [1.54, 1.807) is 0 Å². The summed E-state index contributed by atoms with van der Waals surface area (Å²) in [6.45, 7) is 0. The third-order valence-electron chi connectivity index (χ3n) is 3.29. The molecule has 0 atom stereocenters. The summed E-state index contributed by atoms with van der Waals surface area (Å²) in [7, 11) is 0. The van der Waals surface area contributed by atoms with Crippen LogP contribution >= 0.6 is 0 Å². The fourth-order valence-electron chi connectivity index (χ4n) is 2.13. The van der Waals surface area contributed by atoms with Crippen LogP contribution in [0.2, 0.25) is 0 Å². The Morgan fingerprint density at radius 3 is 1.20 bits per heavy atom. The Hall–Kier alpha value is -5.02. The van der Waals surface area contributed by atoms with Gasteiger partial charge < -0.3 is 9.47 Å². The molecule has 0 bridgehead atoms. The zero-order valence-corrected chi connectivity index (χ0v) is 14.2. The van der Waals surface area contributed by atoms with E-state index in [9.17, 15) is 50.0 Å². The van der Waals surface area contributed by atoms with Crippen LogP contribution in [0, 0.1) is 40.5 Å². The minimum Gasteiger partial charge on any atom is -0.410 e. The van der Waals surface area contributed by atoms with Crippen LogP contribution in [0.25, 0.3) is 0 Å². The van der Waals surface area contributed by atoms with Crippen LogP contribution in [-0.2, 0) is 9.59 Å². The van der Waals surface area contributed by atoms with Gasteiger partial charge in [0.25, 0.3) is 0 Å². The lowest BCUT2D eigenvalue weighted by molar-refractivity contribution is -0.423. The number of para-hydroxylation sites is 2. The first-order valence-electron chi connectivity index (χ1n) is 7.32. The number of nitro benzene ring substituents is 4. The first-order chi connectivity index (χ1) is 14.0. The van der Waals surface area contributed by atoms with E-state index in [2.05, 4.69) is 9.47 Å². The quantitative estimate of drug-likeness (QED) is 0.213. The molecule has 154 valence electrons. The molecule has 0 aliphatic heterocycles. The molecule has 0 unspecified atom stereocenters. The number of hydrogen-bond acceptors (Lipinski definition) is 12. The van der Waals surface area contributed by atoms with E-state index in [-0.39, 0.29) is 0 Å². The minimum absolute atomic E-state index is 0.750. The van der Waals surface area contributed by atoms with Gasteiger partial charge in [0, 0.05) is 12.1 Å². The molecular formula is C14H6N4O12. The molecule has 2 aromatic carbocycles. The Morgan fingerprint density at radius 2 is 0.933 bits per heavy atom. The van der Waals surface area contributed by atoms with Crippen molar-refractivity contribution in [2.24, 2.45) is 0 Å². The normalized spacial score (nSPS) is 10.0. The van der Waals surface area contributed by atoms with Crippen molar-refractivity contribution >= 4 is 34.7 Å². The summed E-state index contributed by atoms with van der Waals surface area (Å²) >= 11 is 0. The Morgan fingerprint density at radius 1 is 0.600 bits per heavy atom. The van der Waals surface area contributed by atoms with Gasteiger partial charge in [-0.25, -0.2) is 9.59 Å². The molecule has 0 spiro atoms. The van der Waals surface area contributed by atoms with Crippen molar-refractivity contribution in [2.75, 3.05) is 0 Å². The molecule has 0 heterocycles. The standard InChI is InChI=1S/C14H6N4O12/c19-13(29-9-5-1-3-7(15(21)22)11(9)17(25)26)14(20)30-10-6-2-4-8(16(23)24)12(10)18(27)28/h1-6H. The van der Waals surface area contributed by atoms with E-state index in [1.807, 2.05) is 0 Å². The van der Waals surface area contributed by atoms with Gasteiger partial charge in [-0.15, -0.1) is 0 Å². The number of esters is 2. The molecule has 0 aromatic heterocycles. The predicted octanol–water partition coefficient (Wildman–Crippen LogP) is 1.83. The average Bonchev–Trinajstić information content (AvgIpc) is 2.66. The van der Waals surface area contributed by atoms with E-state index >= 15 is 0 Å². The van der Waals surface area contributed by atoms with Crippen LogP contribution in [0.3, 0.4) is 0 Å². The van der Waals surface area contributed by atoms with Crippen molar-refractivity contribution in [1.29, 1.82) is 0 Å². The molecule has 30 heavy (non-hydrogen) atoms. The summed E-state index contributed by atoms with van der Waals surface area (Å²) in [5, 5.41) is 43.9. The first kappa shape index (κ1) is 21.3. The molecule has 2 rings (SSSR count). The predicted molar refractivity (Wildman–Crippen MR) is 90.8 cm³/mol. The third-order valence-corrected chi connectivity index (χ3v) is 3.29. The van der Waals surface area contributed by atoms with E-state index in [0.29, 0.717) is 0 Å². The van der Waals surface area contributed by atoms with Gasteiger partial charge >= 0.3 is 34.7 Å². The number of nitro groups is 4. The SMILES string of the molecule is O=C(Oc1cccc([N+](=O)[O-])c1[N+](=O)[O-])C(=O)Oc1cccc([N+](=O)[O-])c1[N+](=O)[O-]. The largest absolute Gasteiger partial charge is 0.423 e. The molecule has 0 saturated carbocycles. The summed E-state index contributed by atoms with van der Waals surface area (Å²) in [6.07, 6.45) is 0. The lowest BCUT2D eigenvalue weighted by Crippen LogP contribution is -2.26. The van der Waals surface area contributed by atoms with Gasteiger partial charge in [0.1, 0.15) is 0 Å². The van der Waals surface area contributed by atoms with E-state index in [4.69, 9.17) is 0 Å². The summed E-state index contributed by atoms with van der Waals surface area (Å²) in [6, 6.07) is 4.94. The fraction of sp³-hybridized carbons (Fsp3) is 0. The van der Waals surface area contributed by atoms with Gasteiger partial charge in [0.15, 0.2) is 0 Å². The first-order valence-corrected chi connectivity index (χ1v) is 7.32. The molecule has 16 nitrogen and oxygen atoms in total. The number of rotatable bonds is 6. The smallest absolute Gasteiger partial charge is 0.410 e. The maximum atomic E-state index is 11.9. The van der Waals surface area contributed by atoms with E-state index in [1.165, 1.54) is 0 Å². The molecular weight excluding hydrogens is 416 g/mol. The maximum absolute atomic E-state index is 11.9. The van der Waals surface area contributed by atoms with Crippen LogP contribution in [-0.4, -0.2) is 31.6 Å². The van der Waals surface area contributed by atoms with Gasteiger partial charge in [-0.2, -0.15) is 0 Å². The lowest BCUT2D eigenvalue weighted by atomic mass is 10.2. The number of hydrogen-bond donors (Lipinski definition) is 0. The number of nitrogens with zero attached hydrogens (tertiary/aromatic N) is 4. The molecule has 0 aliphatic rings. The number of benzene rings is 2. The van der Waals surface area contributed by atoms with Gasteiger partial charge in [0.05, 0.1) is 19.7 Å². The lowest BCUT2D eigenvalue weighted by Gasteiger charge is -2.06. The topological polar surface area (TPSA) is 225 Å². The van der Waals surface area contributed by atoms with Crippen molar-refractivity contribution in [3.05, 3.63) is 76.9 Å². The van der Waals surface area contributed by atoms with Crippen molar-refractivity contribution in [3.8, 4) is 11.5 Å². The van der Waals surface area contributed by atoms with Crippen LogP contribution in [0.1, 0.15) is 0 Å². The maximum Gasteiger partial charge on any atom is 0.423 e. The Balaban J connectivity index is 2.35. The van der Waals surface area contributed by atoms with Crippen LogP contribution in [0.4, 0.5) is 22.7 Å². The van der Waals surface area contributed by atoms with Gasteiger partial charge in [-0.1, -0.05) is 12.1 Å². The highest BCUT2D eigenvalue weighted by Gasteiger charge is 2.35. The highest BCUT2D eigenvalue weighted by Crippen LogP contribution is 2.37. The van der Waals surface area contributed by atoms with Crippen molar-refractivity contribution in [2.45, 2.75) is 0 Å². The van der Waals surface area contributed by atoms with E-state index in [0.717, 1.165) is 36.4 Å². The van der Waals surface area contributed by atoms with Crippen molar-refractivity contribution < 1.29 is 38.8 Å². The highest BCUT2D eigenvalue weighted by molar-refractivity contribution is 6.31. The molecule has 0 radical (unpaired) electrons. The zero-order chi connectivity index (χ0) is 22.6. The molecule has 0 amide bonds. The fourth-order valence-corrected chi connectivity index (χ4v) is 2.13. The van der Waals surface area contributed by atoms with E-state index < -0.39 is 65.9 Å². The van der Waals surface area contributed by atoms with Gasteiger partial charge in [-0.05, 0) is 12.1 Å². The van der Waals surface area contributed by atoms with Crippen molar-refractivity contribution in [3.63, 3.8) is 0 Å². The molecule has 0 N–H and O–H groups in total. The molecule has 2 aromatic rings. The molecule has 0 fully saturated rings. The Bertz CT molecular complexity index is 1020. The third kappa shape index (κ3) is 4.27. The monoisotopic (exact) mass is 422 g/mol. The van der Waals surface area contributed by atoms with Gasteiger partial charge in [0.2, 0.25) is 11.5 Å². The van der Waals surface area contributed by atoms with Crippen LogP contribution in [0.15, 0.2) is 36.4 Å². The molecule has 0 saturated heterocycles. The number of carbonyl (C=O) groups excluding carboxylic acids is 2. The second-order valence-electron chi connectivity index (χ2n) is 5.06. The van der Waals surface area contributed by atoms with Crippen molar-refractivity contribution in [1.82, 2.24) is 0 Å². The van der Waals surface area contributed by atoms with Crippen LogP contribution < -0.4 is 9.47 Å². The molecule has 16 heteroatoms. The highest BCUT2D eigenvalue weighted by atomic mass is 16.7. The summed E-state index contributed by atoms with van der Waals surface area (Å²) in [5.74, 6) is -5.80. The number of ether oxygens (including phenoxy) is 2. The summed E-state index contributed by atoms with van der Waals surface area (Å²) < 4.78 is 8.89. The Kier molecular flexibility index (Phi) is 5.91. The second-order valence-corrected chi connectivity index (χ2v) is 5.06. The molecule has 0 aliphatic carbocycles. The Labute approximate surface area is 162 Å². The number of carbonyl (C=O) groups is 2. The van der Waals surface area contributed by atoms with Crippen LogP contribution in [0.5, 0.6) is 11.5 Å². The zero-order valence-electron chi connectivity index (χ0n) is 14.2. The minimum atomic E-state index is -1.93.